The van der Waals surface area contributed by atoms with Gasteiger partial charge in [-0.1, -0.05) is 69.2 Å². The Balaban J connectivity index is 2.25. The van der Waals surface area contributed by atoms with Crippen LogP contribution in [0.15, 0.2) is 42.5 Å². The molecule has 0 spiro atoms. The summed E-state index contributed by atoms with van der Waals surface area (Å²) in [7, 11) is 0. The van der Waals surface area contributed by atoms with Gasteiger partial charge in [0.2, 0.25) is 0 Å². The second-order valence-corrected chi connectivity index (χ2v) is 4.65. The van der Waals surface area contributed by atoms with E-state index >= 15 is 0 Å². The van der Waals surface area contributed by atoms with Crippen LogP contribution in [0.3, 0.4) is 0 Å². The van der Waals surface area contributed by atoms with E-state index in [9.17, 15) is 0 Å². The molecule has 1 atom stereocenters. The number of unbranched alkanes of at least 4 members (excludes halogenated alkanes) is 1. The van der Waals surface area contributed by atoms with E-state index in [4.69, 9.17) is 0 Å². The van der Waals surface area contributed by atoms with Gasteiger partial charge in [0.1, 0.15) is 0 Å². The largest absolute Gasteiger partial charge is 0.0654 e. The van der Waals surface area contributed by atoms with E-state index < -0.39 is 0 Å². The summed E-state index contributed by atoms with van der Waals surface area (Å²) in [6, 6.07) is 15.5. The van der Waals surface area contributed by atoms with Gasteiger partial charge in [-0.15, -0.1) is 0 Å². The van der Waals surface area contributed by atoms with Crippen molar-refractivity contribution in [1.82, 2.24) is 0 Å². The van der Waals surface area contributed by atoms with E-state index in [1.807, 2.05) is 0 Å². The third kappa shape index (κ3) is 2.44. The Labute approximate surface area is 98.3 Å². The Morgan fingerprint density at radius 1 is 1.00 bits per heavy atom. The summed E-state index contributed by atoms with van der Waals surface area (Å²) in [5, 5.41) is 2.71. The monoisotopic (exact) mass is 212 g/mol. The minimum Gasteiger partial charge on any atom is -0.0654 e. The van der Waals surface area contributed by atoms with Gasteiger partial charge < -0.3 is 0 Å². The van der Waals surface area contributed by atoms with Crippen LogP contribution in [0.4, 0.5) is 0 Å². The van der Waals surface area contributed by atoms with Gasteiger partial charge in [-0.05, 0) is 28.7 Å². The summed E-state index contributed by atoms with van der Waals surface area (Å²) in [4.78, 5) is 0. The molecule has 0 aliphatic rings. The predicted molar refractivity (Wildman–Crippen MR) is 71.9 cm³/mol. The lowest BCUT2D eigenvalue weighted by atomic mass is 9.93. The average Bonchev–Trinajstić information content (AvgIpc) is 2.35. The van der Waals surface area contributed by atoms with E-state index in [2.05, 4.69) is 56.3 Å². The number of fused-ring (bicyclic) bond motifs is 1. The summed E-state index contributed by atoms with van der Waals surface area (Å²) >= 11 is 0. The molecular formula is C16H20. The van der Waals surface area contributed by atoms with Crippen molar-refractivity contribution in [3.8, 4) is 0 Å². The lowest BCUT2D eigenvalue weighted by molar-refractivity contribution is 0.625. The first-order valence-electron chi connectivity index (χ1n) is 6.30. The van der Waals surface area contributed by atoms with Crippen molar-refractivity contribution < 1.29 is 0 Å². The Bertz CT molecular complexity index is 456. The molecule has 1 unspecified atom stereocenters. The molecule has 0 heteroatoms. The molecule has 0 N–H and O–H groups in total. The third-order valence-electron chi connectivity index (χ3n) is 3.33. The van der Waals surface area contributed by atoms with Gasteiger partial charge in [0.15, 0.2) is 0 Å². The van der Waals surface area contributed by atoms with Gasteiger partial charge >= 0.3 is 0 Å². The van der Waals surface area contributed by atoms with Crippen LogP contribution in [0.2, 0.25) is 0 Å². The molecule has 0 radical (unpaired) electrons. The molecule has 0 saturated carbocycles. The van der Waals surface area contributed by atoms with Gasteiger partial charge in [-0.25, -0.2) is 0 Å². The highest BCUT2D eigenvalue weighted by Crippen LogP contribution is 2.25. The lowest BCUT2D eigenvalue weighted by Gasteiger charge is -2.12. The molecule has 2 rings (SSSR count). The van der Waals surface area contributed by atoms with Crippen LogP contribution in [0.1, 0.15) is 44.6 Å². The first-order chi connectivity index (χ1) is 7.81. The normalized spacial score (nSPS) is 12.9. The topological polar surface area (TPSA) is 0 Å². The fourth-order valence-electron chi connectivity index (χ4n) is 2.19. The maximum atomic E-state index is 2.34. The molecule has 2 aromatic rings. The Hall–Kier alpha value is -1.30. The molecule has 0 amide bonds. The quantitative estimate of drug-likeness (QED) is 0.658. The Morgan fingerprint density at radius 3 is 2.50 bits per heavy atom. The zero-order chi connectivity index (χ0) is 11.4. The molecular weight excluding hydrogens is 192 g/mol. The average molecular weight is 212 g/mol. The van der Waals surface area contributed by atoms with Gasteiger partial charge in [0.25, 0.3) is 0 Å². The molecule has 0 saturated heterocycles. The maximum Gasteiger partial charge on any atom is -0.0181 e. The van der Waals surface area contributed by atoms with E-state index in [1.165, 1.54) is 35.6 Å². The minimum absolute atomic E-state index is 0.685. The maximum absolute atomic E-state index is 2.34. The summed E-state index contributed by atoms with van der Waals surface area (Å²) < 4.78 is 0. The summed E-state index contributed by atoms with van der Waals surface area (Å²) in [5.41, 5.74) is 1.48. The van der Waals surface area contributed by atoms with Gasteiger partial charge in [-0.2, -0.15) is 0 Å². The molecule has 0 nitrogen and oxygen atoms in total. The van der Waals surface area contributed by atoms with Crippen molar-refractivity contribution in [3.63, 3.8) is 0 Å². The predicted octanol–water partition coefficient (Wildman–Crippen LogP) is 5.13. The molecule has 0 bridgehead atoms. The van der Waals surface area contributed by atoms with Crippen LogP contribution < -0.4 is 0 Å². The van der Waals surface area contributed by atoms with Crippen LogP contribution in [0, 0.1) is 0 Å². The zero-order valence-electron chi connectivity index (χ0n) is 10.2. The molecule has 2 aromatic carbocycles. The van der Waals surface area contributed by atoms with Crippen molar-refractivity contribution in [1.29, 1.82) is 0 Å². The van der Waals surface area contributed by atoms with Crippen LogP contribution in [-0.4, -0.2) is 0 Å². The highest BCUT2D eigenvalue weighted by Gasteiger charge is 2.05. The lowest BCUT2D eigenvalue weighted by Crippen LogP contribution is -1.93. The highest BCUT2D eigenvalue weighted by molar-refractivity contribution is 5.83. The molecule has 0 fully saturated rings. The smallest absolute Gasteiger partial charge is 0.0181 e. The molecule has 16 heavy (non-hydrogen) atoms. The molecule has 0 aromatic heterocycles. The molecule has 0 heterocycles. The second kappa shape index (κ2) is 5.16. The third-order valence-corrected chi connectivity index (χ3v) is 3.33. The van der Waals surface area contributed by atoms with Crippen LogP contribution >= 0.6 is 0 Å². The Kier molecular flexibility index (Phi) is 3.61. The zero-order valence-corrected chi connectivity index (χ0v) is 10.2. The summed E-state index contributed by atoms with van der Waals surface area (Å²) in [6.07, 6.45) is 3.92. The summed E-state index contributed by atoms with van der Waals surface area (Å²) in [5.74, 6) is 0.685. The van der Waals surface area contributed by atoms with Gasteiger partial charge in [-0.3, -0.25) is 0 Å². The highest BCUT2D eigenvalue weighted by atomic mass is 14.1. The molecule has 0 aliphatic carbocycles. The number of benzene rings is 2. The minimum atomic E-state index is 0.685. The van der Waals surface area contributed by atoms with Crippen molar-refractivity contribution in [2.75, 3.05) is 0 Å². The fraction of sp³-hybridized carbons (Fsp3) is 0.375. The second-order valence-electron chi connectivity index (χ2n) is 4.65. The number of hydrogen-bond acceptors (Lipinski definition) is 0. The van der Waals surface area contributed by atoms with Crippen LogP contribution in [-0.2, 0) is 0 Å². The van der Waals surface area contributed by atoms with Gasteiger partial charge in [0.05, 0.1) is 0 Å². The van der Waals surface area contributed by atoms with Crippen molar-refractivity contribution >= 4 is 10.8 Å². The van der Waals surface area contributed by atoms with E-state index in [1.54, 1.807) is 0 Å². The van der Waals surface area contributed by atoms with Crippen LogP contribution in [0.25, 0.3) is 10.8 Å². The van der Waals surface area contributed by atoms with E-state index in [-0.39, 0.29) is 0 Å². The summed E-state index contributed by atoms with van der Waals surface area (Å²) in [6.45, 7) is 4.59. The fourth-order valence-corrected chi connectivity index (χ4v) is 2.19. The van der Waals surface area contributed by atoms with Crippen LogP contribution in [0.5, 0.6) is 0 Å². The first kappa shape index (κ1) is 11.2. The van der Waals surface area contributed by atoms with E-state index in [0.717, 1.165) is 0 Å². The first-order valence-corrected chi connectivity index (χ1v) is 6.30. The SMILES string of the molecule is CCCCC(C)c1ccc2ccccc2c1. The van der Waals surface area contributed by atoms with Crippen molar-refractivity contribution in [3.05, 3.63) is 48.0 Å². The van der Waals surface area contributed by atoms with Crippen molar-refractivity contribution in [2.24, 2.45) is 0 Å². The number of hydrogen-bond donors (Lipinski definition) is 0. The van der Waals surface area contributed by atoms with Crippen molar-refractivity contribution in [2.45, 2.75) is 39.0 Å². The van der Waals surface area contributed by atoms with E-state index in [0.29, 0.717) is 5.92 Å². The van der Waals surface area contributed by atoms with Gasteiger partial charge in [0, 0.05) is 0 Å². The molecule has 0 aliphatic heterocycles. The Morgan fingerprint density at radius 2 is 1.75 bits per heavy atom. The molecule has 84 valence electrons. The number of rotatable bonds is 4. The standard InChI is InChI=1S/C16H20/c1-3-4-7-13(2)15-11-10-14-8-5-6-9-16(14)12-15/h5-6,8-13H,3-4,7H2,1-2H3.